The third-order valence-electron chi connectivity index (χ3n) is 12.9. The van der Waals surface area contributed by atoms with Gasteiger partial charge in [-0.2, -0.15) is 0 Å². The van der Waals surface area contributed by atoms with Crippen LogP contribution >= 0.6 is 0 Å². The maximum Gasteiger partial charge on any atom is 0.143 e. The van der Waals surface area contributed by atoms with Gasteiger partial charge in [0.05, 0.1) is 0 Å². The SMILES string of the molecule is c1ccc2c(-c3ccc(-c4c5ccccc5c(-c5ccc(-c6ccc(-c7cccc8oc9ccccc9c78)cc6)c6c5oc5ccccc56)c5ccccc45)cc3)cccc2c1. The van der Waals surface area contributed by atoms with Crippen molar-refractivity contribution in [1.82, 2.24) is 0 Å². The highest BCUT2D eigenvalue weighted by Crippen LogP contribution is 2.49. The lowest BCUT2D eigenvalue weighted by Gasteiger charge is -2.18. The van der Waals surface area contributed by atoms with E-state index in [0.29, 0.717) is 0 Å². The van der Waals surface area contributed by atoms with Crippen molar-refractivity contribution in [2.24, 2.45) is 0 Å². The van der Waals surface area contributed by atoms with Crippen LogP contribution in [0.5, 0.6) is 0 Å². The van der Waals surface area contributed by atoms with Crippen LogP contribution in [0.15, 0.2) is 227 Å². The first-order valence-electron chi connectivity index (χ1n) is 21.2. The summed E-state index contributed by atoms with van der Waals surface area (Å²) >= 11 is 0. The van der Waals surface area contributed by atoms with Crippen LogP contribution in [0.25, 0.3) is 132 Å². The summed E-state index contributed by atoms with van der Waals surface area (Å²) < 4.78 is 13.2. The fourth-order valence-electron chi connectivity index (χ4n) is 10.1. The number of rotatable bonds is 5. The monoisotopic (exact) mass is 788 g/mol. The summed E-state index contributed by atoms with van der Waals surface area (Å²) in [5, 5.41) is 11.8. The third-order valence-corrected chi connectivity index (χ3v) is 12.9. The molecule has 2 heteroatoms. The Morgan fingerprint density at radius 1 is 0.226 bits per heavy atom. The summed E-state index contributed by atoms with van der Waals surface area (Å²) in [6.07, 6.45) is 0. The highest BCUT2D eigenvalue weighted by molar-refractivity contribution is 6.25. The van der Waals surface area contributed by atoms with Gasteiger partial charge in [-0.3, -0.25) is 0 Å². The van der Waals surface area contributed by atoms with Gasteiger partial charge in [-0.15, -0.1) is 0 Å². The van der Waals surface area contributed by atoms with Crippen molar-refractivity contribution in [3.63, 3.8) is 0 Å². The van der Waals surface area contributed by atoms with Crippen LogP contribution in [0.4, 0.5) is 0 Å². The summed E-state index contributed by atoms with van der Waals surface area (Å²) in [7, 11) is 0. The molecule has 0 amide bonds. The Labute approximate surface area is 357 Å². The van der Waals surface area contributed by atoms with Crippen LogP contribution < -0.4 is 0 Å². The molecule has 0 radical (unpaired) electrons. The van der Waals surface area contributed by atoms with E-state index in [1.54, 1.807) is 0 Å². The van der Waals surface area contributed by atoms with Crippen molar-refractivity contribution >= 4 is 76.2 Å². The van der Waals surface area contributed by atoms with Crippen molar-refractivity contribution in [2.75, 3.05) is 0 Å². The number of benzene rings is 11. The van der Waals surface area contributed by atoms with E-state index in [4.69, 9.17) is 8.83 Å². The standard InChI is InChI=1S/C60H36O2/c1-2-15-42-37(13-1)14-11-22-43(42)38-31-33-41(34-32-38)56-46-16-3-5-18-48(46)57(49-19-6-4-17-47(49)56)52-36-35-45(59-51-21-8-10-25-54(51)62-60(52)59)40-29-27-39(28-30-40)44-23-12-26-55-58(44)50-20-7-9-24-53(50)61-55/h1-36H. The average molecular weight is 789 g/mol. The lowest BCUT2D eigenvalue weighted by atomic mass is 9.84. The minimum atomic E-state index is 0.878. The summed E-state index contributed by atoms with van der Waals surface area (Å²) in [6.45, 7) is 0. The van der Waals surface area contributed by atoms with Crippen LogP contribution in [0.1, 0.15) is 0 Å². The molecule has 0 aliphatic rings. The van der Waals surface area contributed by atoms with E-state index in [-0.39, 0.29) is 0 Å². The molecule has 0 N–H and O–H groups in total. The number of hydrogen-bond donors (Lipinski definition) is 0. The van der Waals surface area contributed by atoms with Crippen LogP contribution in [-0.2, 0) is 0 Å². The minimum Gasteiger partial charge on any atom is -0.456 e. The highest BCUT2D eigenvalue weighted by Gasteiger charge is 2.23. The Bertz CT molecular complexity index is 3840. The van der Waals surface area contributed by atoms with Gasteiger partial charge in [0.15, 0.2) is 0 Å². The summed E-state index contributed by atoms with van der Waals surface area (Å²) in [4.78, 5) is 0. The molecule has 0 bridgehead atoms. The van der Waals surface area contributed by atoms with Crippen LogP contribution in [-0.4, -0.2) is 0 Å². The van der Waals surface area contributed by atoms with Gasteiger partial charge in [-0.05, 0) is 101 Å². The molecule has 0 atom stereocenters. The van der Waals surface area contributed by atoms with Crippen molar-refractivity contribution in [1.29, 1.82) is 0 Å². The first-order valence-corrected chi connectivity index (χ1v) is 21.2. The first-order chi connectivity index (χ1) is 30.8. The molecule has 13 aromatic rings. The fourth-order valence-corrected chi connectivity index (χ4v) is 10.1. The molecular weight excluding hydrogens is 753 g/mol. The quantitative estimate of drug-likeness (QED) is 0.162. The van der Waals surface area contributed by atoms with Gasteiger partial charge in [0.1, 0.15) is 22.3 Å². The lowest BCUT2D eigenvalue weighted by molar-refractivity contribution is 0.669. The molecule has 0 aliphatic heterocycles. The molecule has 2 aromatic heterocycles. The second kappa shape index (κ2) is 13.7. The van der Waals surface area contributed by atoms with Crippen molar-refractivity contribution in [3.8, 4) is 55.6 Å². The van der Waals surface area contributed by atoms with Crippen LogP contribution in [0.2, 0.25) is 0 Å². The van der Waals surface area contributed by atoms with E-state index in [1.165, 1.54) is 60.1 Å². The zero-order chi connectivity index (χ0) is 40.7. The van der Waals surface area contributed by atoms with E-state index >= 15 is 0 Å². The minimum absolute atomic E-state index is 0.878. The van der Waals surface area contributed by atoms with Gasteiger partial charge in [0.2, 0.25) is 0 Å². The van der Waals surface area contributed by atoms with Gasteiger partial charge in [0, 0.05) is 32.7 Å². The van der Waals surface area contributed by atoms with Crippen molar-refractivity contribution in [3.05, 3.63) is 218 Å². The summed E-state index contributed by atoms with van der Waals surface area (Å²) in [5.74, 6) is 0. The molecule has 288 valence electrons. The van der Waals surface area contributed by atoms with E-state index in [1.807, 2.05) is 12.1 Å². The number of para-hydroxylation sites is 2. The molecule has 0 spiro atoms. The number of furan rings is 2. The van der Waals surface area contributed by atoms with Gasteiger partial charge in [-0.1, -0.05) is 194 Å². The first kappa shape index (κ1) is 34.6. The highest BCUT2D eigenvalue weighted by atomic mass is 16.3. The maximum atomic E-state index is 6.96. The van der Waals surface area contributed by atoms with Crippen molar-refractivity contribution < 1.29 is 8.83 Å². The maximum absolute atomic E-state index is 6.96. The van der Waals surface area contributed by atoms with Crippen molar-refractivity contribution in [2.45, 2.75) is 0 Å². The molecule has 2 nitrogen and oxygen atoms in total. The van der Waals surface area contributed by atoms with Gasteiger partial charge < -0.3 is 8.83 Å². The average Bonchev–Trinajstić information content (AvgIpc) is 3.93. The molecular formula is C60H36O2. The summed E-state index contributed by atoms with van der Waals surface area (Å²) in [6, 6.07) is 78.7. The second-order valence-electron chi connectivity index (χ2n) is 16.3. The Kier molecular flexibility index (Phi) is 7.64. The smallest absolute Gasteiger partial charge is 0.143 e. The Balaban J connectivity index is 0.983. The number of fused-ring (bicyclic) bond motifs is 9. The molecule has 0 saturated carbocycles. The molecule has 0 fully saturated rings. The molecule has 11 aromatic carbocycles. The lowest BCUT2D eigenvalue weighted by Crippen LogP contribution is -1.92. The van der Waals surface area contributed by atoms with Gasteiger partial charge in [0.25, 0.3) is 0 Å². The van der Waals surface area contributed by atoms with E-state index < -0.39 is 0 Å². The predicted molar refractivity (Wildman–Crippen MR) is 261 cm³/mol. The summed E-state index contributed by atoms with van der Waals surface area (Å²) in [5.41, 5.74) is 15.3. The molecule has 0 aliphatic carbocycles. The fraction of sp³-hybridized carbons (Fsp3) is 0. The Morgan fingerprint density at radius 3 is 1.31 bits per heavy atom. The molecule has 0 unspecified atom stereocenters. The van der Waals surface area contributed by atoms with Crippen LogP contribution in [0, 0.1) is 0 Å². The van der Waals surface area contributed by atoms with Crippen LogP contribution in [0.3, 0.4) is 0 Å². The van der Waals surface area contributed by atoms with E-state index in [9.17, 15) is 0 Å². The Hall–Kier alpha value is -8.20. The normalized spacial score (nSPS) is 11.9. The zero-order valence-corrected chi connectivity index (χ0v) is 33.6. The molecule has 62 heavy (non-hydrogen) atoms. The third kappa shape index (κ3) is 5.23. The van der Waals surface area contributed by atoms with Gasteiger partial charge >= 0.3 is 0 Å². The predicted octanol–water partition coefficient (Wildman–Crippen LogP) is 17.3. The topological polar surface area (TPSA) is 26.3 Å². The molecule has 13 rings (SSSR count). The number of hydrogen-bond acceptors (Lipinski definition) is 2. The van der Waals surface area contributed by atoms with E-state index in [2.05, 4.69) is 206 Å². The zero-order valence-electron chi connectivity index (χ0n) is 33.6. The molecule has 0 saturated heterocycles. The molecule has 2 heterocycles. The van der Waals surface area contributed by atoms with Gasteiger partial charge in [-0.25, -0.2) is 0 Å². The Morgan fingerprint density at radius 2 is 0.645 bits per heavy atom. The largest absolute Gasteiger partial charge is 0.456 e. The second-order valence-corrected chi connectivity index (χ2v) is 16.3. The van der Waals surface area contributed by atoms with E-state index in [0.717, 1.165) is 71.7 Å².